The van der Waals surface area contributed by atoms with Crippen LogP contribution in [-0.2, 0) is 19.6 Å². The molecule has 0 bridgehead atoms. The Hall–Kier alpha value is -1.72. The number of carbonyl (C=O) groups is 1. The first-order chi connectivity index (χ1) is 17.2. The van der Waals surface area contributed by atoms with Crippen molar-refractivity contribution in [3.63, 3.8) is 0 Å². The number of piperidine rings is 1. The molecule has 0 aromatic heterocycles. The summed E-state index contributed by atoms with van der Waals surface area (Å²) in [5.74, 6) is 0.619. The molecule has 0 N–H and O–H groups in total. The second kappa shape index (κ2) is 11.8. The predicted octanol–water partition coefficient (Wildman–Crippen LogP) is 1.72. The maximum Gasteiger partial charge on any atom is 0.248 e. The van der Waals surface area contributed by atoms with Gasteiger partial charge in [-0.2, -0.15) is 4.31 Å². The molecule has 36 heavy (non-hydrogen) atoms. The van der Waals surface area contributed by atoms with Gasteiger partial charge in [0, 0.05) is 64.9 Å². The van der Waals surface area contributed by atoms with E-state index >= 15 is 0 Å². The Morgan fingerprint density at radius 2 is 1.47 bits per heavy atom. The normalized spacial score (nSPS) is 20.8. The molecule has 1 amide bonds. The van der Waals surface area contributed by atoms with E-state index in [9.17, 15) is 13.2 Å². The molecule has 2 saturated heterocycles. The van der Waals surface area contributed by atoms with E-state index in [1.165, 1.54) is 30.2 Å². The highest BCUT2D eigenvalue weighted by Gasteiger charge is 2.34. The molecule has 0 unspecified atom stereocenters. The van der Waals surface area contributed by atoms with Gasteiger partial charge in [0.05, 0.1) is 18.6 Å². The molecule has 4 rings (SSSR count). The third-order valence-electron chi connectivity index (χ3n) is 7.86. The molecule has 0 atom stereocenters. The molecule has 9 nitrogen and oxygen atoms in total. The zero-order valence-corrected chi connectivity index (χ0v) is 23.1. The maximum absolute atomic E-state index is 13.1. The molecule has 3 fully saturated rings. The number of aryl methyl sites for hydroxylation is 2. The molecule has 3 aliphatic rings. The number of hydrogen-bond acceptors (Lipinski definition) is 7. The number of amides is 1. The predicted molar refractivity (Wildman–Crippen MR) is 139 cm³/mol. The number of likely N-dealkylation sites (N-methyl/N-ethyl adjacent to an activating group) is 1. The molecule has 0 spiro atoms. The summed E-state index contributed by atoms with van der Waals surface area (Å²) in [6, 6.07) is 4.86. The third-order valence-corrected chi connectivity index (χ3v) is 10.0. The number of sulfonamides is 1. The van der Waals surface area contributed by atoms with Gasteiger partial charge in [-0.1, -0.05) is 0 Å². The van der Waals surface area contributed by atoms with Crippen LogP contribution < -0.4 is 4.74 Å². The second-order valence-corrected chi connectivity index (χ2v) is 12.4. The maximum atomic E-state index is 13.1. The first-order valence-electron chi connectivity index (χ1n) is 13.2. The Kier molecular flexibility index (Phi) is 8.93. The van der Waals surface area contributed by atoms with Crippen LogP contribution in [0.4, 0.5) is 0 Å². The average molecular weight is 523 g/mol. The van der Waals surface area contributed by atoms with Crippen LogP contribution in [0, 0.1) is 13.8 Å². The summed E-state index contributed by atoms with van der Waals surface area (Å²) in [6.45, 7) is 10.0. The van der Waals surface area contributed by atoms with E-state index in [1.54, 1.807) is 40.1 Å². The number of benzene rings is 1. The number of carbonyl (C=O) groups excluding carboxylic acids is 1. The summed E-state index contributed by atoms with van der Waals surface area (Å²) in [4.78, 5) is 20.1. The van der Waals surface area contributed by atoms with Crippen LogP contribution in [0.2, 0.25) is 0 Å². The van der Waals surface area contributed by atoms with Gasteiger partial charge >= 0.3 is 0 Å². The largest absolute Gasteiger partial charge is 0.497 e. The molecule has 1 saturated carbocycles. The van der Waals surface area contributed by atoms with Gasteiger partial charge in [0.1, 0.15) is 12.4 Å². The lowest BCUT2D eigenvalue weighted by Gasteiger charge is -2.43. The van der Waals surface area contributed by atoms with Crippen molar-refractivity contribution in [2.75, 3.05) is 73.2 Å². The number of piperazine rings is 1. The standard InChI is InChI=1S/C26H42N4O5S/c1-20-17-24(34-4)18-21(2)26(20)36(32,33)27(3)15-16-35-19-25(31)30-9-7-23(8-10-30)29-13-11-28(12-14-29)22-5-6-22/h17-18,22-23H,5-16,19H2,1-4H3. The molecule has 202 valence electrons. The highest BCUT2D eigenvalue weighted by Crippen LogP contribution is 2.29. The van der Waals surface area contributed by atoms with Crippen molar-refractivity contribution in [1.29, 1.82) is 0 Å². The second-order valence-electron chi connectivity index (χ2n) is 10.4. The molecule has 2 heterocycles. The molecule has 0 radical (unpaired) electrons. The smallest absolute Gasteiger partial charge is 0.248 e. The zero-order chi connectivity index (χ0) is 25.9. The molecular weight excluding hydrogens is 480 g/mol. The lowest BCUT2D eigenvalue weighted by atomic mass is 10.0. The van der Waals surface area contributed by atoms with Gasteiger partial charge < -0.3 is 14.4 Å². The van der Waals surface area contributed by atoms with Gasteiger partial charge in [-0.15, -0.1) is 0 Å². The van der Waals surface area contributed by atoms with Gasteiger partial charge in [-0.25, -0.2) is 8.42 Å². The zero-order valence-electron chi connectivity index (χ0n) is 22.2. The van der Waals surface area contributed by atoms with Gasteiger partial charge in [0.25, 0.3) is 0 Å². The minimum Gasteiger partial charge on any atom is -0.497 e. The third kappa shape index (κ3) is 6.39. The molecule has 1 aromatic rings. The highest BCUT2D eigenvalue weighted by molar-refractivity contribution is 7.89. The first-order valence-corrected chi connectivity index (χ1v) is 14.6. The number of rotatable bonds is 10. The van der Waals surface area contributed by atoms with Gasteiger partial charge in [-0.3, -0.25) is 14.6 Å². The van der Waals surface area contributed by atoms with E-state index in [4.69, 9.17) is 9.47 Å². The fraction of sp³-hybridized carbons (Fsp3) is 0.731. The highest BCUT2D eigenvalue weighted by atomic mass is 32.2. The topological polar surface area (TPSA) is 82.6 Å². The van der Waals surface area contributed by atoms with Crippen molar-refractivity contribution in [3.05, 3.63) is 23.3 Å². The van der Waals surface area contributed by atoms with Crippen LogP contribution in [0.25, 0.3) is 0 Å². The first kappa shape index (κ1) is 27.3. The average Bonchev–Trinajstić information content (AvgIpc) is 3.71. The van der Waals surface area contributed by atoms with Crippen molar-refractivity contribution in [2.45, 2.75) is 56.5 Å². The van der Waals surface area contributed by atoms with E-state index in [0.717, 1.165) is 45.1 Å². The van der Waals surface area contributed by atoms with Crippen molar-refractivity contribution >= 4 is 15.9 Å². The summed E-state index contributed by atoms with van der Waals surface area (Å²) in [6.07, 6.45) is 4.76. The van der Waals surface area contributed by atoms with Crippen molar-refractivity contribution in [2.24, 2.45) is 0 Å². The quantitative estimate of drug-likeness (QED) is 0.433. The van der Waals surface area contributed by atoms with Crippen molar-refractivity contribution < 1.29 is 22.7 Å². The van der Waals surface area contributed by atoms with E-state index in [0.29, 0.717) is 27.8 Å². The summed E-state index contributed by atoms with van der Waals surface area (Å²) in [7, 11) is -0.571. The summed E-state index contributed by atoms with van der Waals surface area (Å²) >= 11 is 0. The number of likely N-dealkylation sites (tertiary alicyclic amines) is 1. The Balaban J connectivity index is 1.17. The minimum absolute atomic E-state index is 0.0145. The number of hydrogen-bond donors (Lipinski definition) is 0. The lowest BCUT2D eigenvalue weighted by Crippen LogP contribution is -2.54. The monoisotopic (exact) mass is 522 g/mol. The van der Waals surface area contributed by atoms with Crippen LogP contribution in [0.5, 0.6) is 5.75 Å². The summed E-state index contributed by atoms with van der Waals surface area (Å²) < 4.78 is 38.3. The molecule has 10 heteroatoms. The Bertz CT molecular complexity index is 990. The van der Waals surface area contributed by atoms with Gasteiger partial charge in [-0.05, 0) is 62.8 Å². The van der Waals surface area contributed by atoms with Crippen molar-refractivity contribution in [1.82, 2.24) is 19.0 Å². The Labute approximate surface area is 216 Å². The van der Waals surface area contributed by atoms with Crippen molar-refractivity contribution in [3.8, 4) is 5.75 Å². The van der Waals surface area contributed by atoms with Crippen LogP contribution in [-0.4, -0.2) is 119 Å². The SMILES string of the molecule is COc1cc(C)c(S(=O)(=O)N(C)CCOCC(=O)N2CCC(N3CCN(C4CC4)CC3)CC2)c(C)c1. The van der Waals surface area contributed by atoms with E-state index < -0.39 is 10.0 Å². The fourth-order valence-electron chi connectivity index (χ4n) is 5.54. The van der Waals surface area contributed by atoms with Gasteiger partial charge in [0.2, 0.25) is 15.9 Å². The van der Waals surface area contributed by atoms with E-state index in [2.05, 4.69) is 9.80 Å². The van der Waals surface area contributed by atoms with Gasteiger partial charge in [0.15, 0.2) is 0 Å². The number of nitrogens with zero attached hydrogens (tertiary/aromatic N) is 4. The van der Waals surface area contributed by atoms with Crippen LogP contribution in [0.3, 0.4) is 0 Å². The number of methoxy groups -OCH3 is 1. The summed E-state index contributed by atoms with van der Waals surface area (Å²) in [5, 5.41) is 0. The molecule has 2 aliphatic heterocycles. The molecule has 1 aliphatic carbocycles. The summed E-state index contributed by atoms with van der Waals surface area (Å²) in [5.41, 5.74) is 1.28. The number of ether oxygens (including phenoxy) is 2. The van der Waals surface area contributed by atoms with Crippen LogP contribution in [0.15, 0.2) is 17.0 Å². The Morgan fingerprint density at radius 3 is 1.97 bits per heavy atom. The van der Waals surface area contributed by atoms with E-state index in [1.807, 2.05) is 4.90 Å². The fourth-order valence-corrected chi connectivity index (χ4v) is 7.10. The van der Waals surface area contributed by atoms with Crippen LogP contribution in [0.1, 0.15) is 36.8 Å². The molecule has 1 aromatic carbocycles. The van der Waals surface area contributed by atoms with E-state index in [-0.39, 0.29) is 25.7 Å². The Morgan fingerprint density at radius 1 is 0.944 bits per heavy atom. The minimum atomic E-state index is -3.67. The molecular formula is C26H42N4O5S. The lowest BCUT2D eigenvalue weighted by molar-refractivity contribution is -0.137. The van der Waals surface area contributed by atoms with Crippen LogP contribution >= 0.6 is 0 Å².